The second kappa shape index (κ2) is 11.9. The Kier molecular flexibility index (Phi) is 8.72. The first kappa shape index (κ1) is 25.6. The smallest absolute Gasteiger partial charge is 0.220 e. The fourth-order valence-corrected chi connectivity index (χ4v) is 6.22. The van der Waals surface area contributed by atoms with E-state index in [1.54, 1.807) is 18.2 Å². The largest absolute Gasteiger partial charge is 0.508 e. The minimum Gasteiger partial charge on any atom is -0.508 e. The minimum atomic E-state index is 0.129. The zero-order chi connectivity index (χ0) is 24.8. The fourth-order valence-electron chi connectivity index (χ4n) is 6.22. The van der Waals surface area contributed by atoms with Crippen molar-refractivity contribution in [3.8, 4) is 11.5 Å². The number of amides is 1. The lowest BCUT2D eigenvalue weighted by Crippen LogP contribution is -2.54. The van der Waals surface area contributed by atoms with E-state index >= 15 is 0 Å². The normalized spacial score (nSPS) is 24.7. The van der Waals surface area contributed by atoms with Gasteiger partial charge in [0.25, 0.3) is 0 Å². The number of aromatic hydroxyl groups is 2. The highest BCUT2D eigenvalue weighted by Gasteiger charge is 2.36. The van der Waals surface area contributed by atoms with Gasteiger partial charge in [0.05, 0.1) is 0 Å². The Bertz CT molecular complexity index is 954. The van der Waals surface area contributed by atoms with Crippen LogP contribution >= 0.6 is 0 Å². The summed E-state index contributed by atoms with van der Waals surface area (Å²) >= 11 is 0. The molecule has 1 heterocycles. The molecule has 0 bridgehead atoms. The van der Waals surface area contributed by atoms with Gasteiger partial charge in [-0.2, -0.15) is 0 Å². The van der Waals surface area contributed by atoms with Crippen LogP contribution < -0.4 is 5.32 Å². The van der Waals surface area contributed by atoms with Crippen LogP contribution in [0.3, 0.4) is 0 Å². The van der Waals surface area contributed by atoms with E-state index in [1.165, 1.54) is 37.7 Å². The third kappa shape index (κ3) is 6.78. The Labute approximate surface area is 210 Å². The lowest BCUT2D eigenvalue weighted by molar-refractivity contribution is -0.122. The summed E-state index contributed by atoms with van der Waals surface area (Å²) in [4.78, 5) is 15.6. The van der Waals surface area contributed by atoms with Gasteiger partial charge < -0.3 is 15.5 Å². The van der Waals surface area contributed by atoms with Crippen molar-refractivity contribution in [3.05, 3.63) is 59.7 Å². The molecule has 0 radical (unpaired) electrons. The first-order valence-corrected chi connectivity index (χ1v) is 13.5. The molecule has 1 aliphatic heterocycles. The van der Waals surface area contributed by atoms with Crippen LogP contribution in [0.2, 0.25) is 0 Å². The summed E-state index contributed by atoms with van der Waals surface area (Å²) in [5, 5.41) is 22.9. The highest BCUT2D eigenvalue weighted by molar-refractivity contribution is 5.76. The number of hydrogen-bond acceptors (Lipinski definition) is 4. The number of rotatable bonds is 8. The summed E-state index contributed by atoms with van der Waals surface area (Å²) in [5.74, 6) is 2.20. The van der Waals surface area contributed by atoms with Crippen molar-refractivity contribution in [1.82, 2.24) is 10.2 Å². The molecule has 2 aliphatic rings. The van der Waals surface area contributed by atoms with Crippen molar-refractivity contribution in [1.29, 1.82) is 0 Å². The lowest BCUT2D eigenvalue weighted by atomic mass is 9.76. The van der Waals surface area contributed by atoms with Crippen LogP contribution in [0.25, 0.3) is 0 Å². The van der Waals surface area contributed by atoms with Crippen LogP contribution in [-0.4, -0.2) is 46.2 Å². The van der Waals surface area contributed by atoms with Crippen LogP contribution in [0.5, 0.6) is 11.5 Å². The third-order valence-corrected chi connectivity index (χ3v) is 8.57. The standard InChI is InChI=1S/C30H42N2O3/c1-21-22(2)32(18-17-28(21)25-9-6-10-27(34)19-25)20-29(24-7-4-3-5-8-24)31-30(35)16-13-23-11-14-26(33)15-12-23/h6,9-12,14-15,19,21-22,24,28-29,33-34H,3-5,7-8,13,16-18,20H2,1-2H3,(H,31,35)/t21-,22?,28+,29+/m0/s1. The summed E-state index contributed by atoms with van der Waals surface area (Å²) in [5.41, 5.74) is 2.30. The predicted molar refractivity (Wildman–Crippen MR) is 141 cm³/mol. The molecule has 35 heavy (non-hydrogen) atoms. The van der Waals surface area contributed by atoms with Gasteiger partial charge in [-0.25, -0.2) is 0 Å². The Morgan fingerprint density at radius 3 is 2.46 bits per heavy atom. The molecule has 190 valence electrons. The number of hydrogen-bond donors (Lipinski definition) is 3. The van der Waals surface area contributed by atoms with Crippen molar-refractivity contribution in [2.24, 2.45) is 11.8 Å². The molecule has 3 N–H and O–H groups in total. The average Bonchev–Trinajstić information content (AvgIpc) is 2.86. The number of benzene rings is 2. The molecule has 4 atom stereocenters. The number of nitrogens with one attached hydrogen (secondary N) is 1. The molecule has 1 saturated heterocycles. The van der Waals surface area contributed by atoms with Crippen molar-refractivity contribution < 1.29 is 15.0 Å². The summed E-state index contributed by atoms with van der Waals surface area (Å²) in [7, 11) is 0. The van der Waals surface area contributed by atoms with Crippen LogP contribution in [0.4, 0.5) is 0 Å². The molecule has 0 spiro atoms. The topological polar surface area (TPSA) is 72.8 Å². The zero-order valence-corrected chi connectivity index (χ0v) is 21.3. The monoisotopic (exact) mass is 478 g/mol. The second-order valence-corrected chi connectivity index (χ2v) is 10.8. The number of aryl methyl sites for hydroxylation is 1. The summed E-state index contributed by atoms with van der Waals surface area (Å²) in [6.45, 7) is 6.58. The van der Waals surface area contributed by atoms with Crippen molar-refractivity contribution in [2.45, 2.75) is 83.2 Å². The van der Waals surface area contributed by atoms with Crippen LogP contribution in [0.1, 0.15) is 75.8 Å². The van der Waals surface area contributed by atoms with Gasteiger partial charge in [-0.05, 0) is 92.3 Å². The highest BCUT2D eigenvalue weighted by Crippen LogP contribution is 2.38. The van der Waals surface area contributed by atoms with Gasteiger partial charge in [0.2, 0.25) is 5.91 Å². The molecule has 1 amide bonds. The molecule has 2 aromatic carbocycles. The van der Waals surface area contributed by atoms with Gasteiger partial charge in [0, 0.05) is 25.0 Å². The van der Waals surface area contributed by atoms with Crippen molar-refractivity contribution in [3.63, 3.8) is 0 Å². The van der Waals surface area contributed by atoms with Gasteiger partial charge in [0.15, 0.2) is 0 Å². The summed E-state index contributed by atoms with van der Waals surface area (Å²) < 4.78 is 0. The number of likely N-dealkylation sites (tertiary alicyclic amines) is 1. The zero-order valence-electron chi connectivity index (χ0n) is 21.3. The maximum absolute atomic E-state index is 13.0. The molecule has 5 nitrogen and oxygen atoms in total. The van der Waals surface area contributed by atoms with Crippen molar-refractivity contribution in [2.75, 3.05) is 13.1 Å². The van der Waals surface area contributed by atoms with E-state index in [1.807, 2.05) is 24.3 Å². The predicted octanol–water partition coefficient (Wildman–Crippen LogP) is 5.61. The summed E-state index contributed by atoms with van der Waals surface area (Å²) in [6.07, 6.45) is 8.46. The number of piperidine rings is 1. The Balaban J connectivity index is 1.38. The molecule has 1 saturated carbocycles. The van der Waals surface area contributed by atoms with E-state index in [2.05, 4.69) is 30.1 Å². The van der Waals surface area contributed by atoms with E-state index in [-0.39, 0.29) is 17.7 Å². The Hall–Kier alpha value is -2.53. The summed E-state index contributed by atoms with van der Waals surface area (Å²) in [6, 6.07) is 15.5. The molecule has 4 rings (SSSR count). The van der Waals surface area contributed by atoms with E-state index in [9.17, 15) is 15.0 Å². The molecule has 0 aromatic heterocycles. The van der Waals surface area contributed by atoms with Gasteiger partial charge in [-0.15, -0.1) is 0 Å². The number of phenolic OH excluding ortho intramolecular Hbond substituents is 2. The second-order valence-electron chi connectivity index (χ2n) is 10.8. The van der Waals surface area contributed by atoms with E-state index in [0.717, 1.165) is 25.1 Å². The van der Waals surface area contributed by atoms with Gasteiger partial charge >= 0.3 is 0 Å². The van der Waals surface area contributed by atoms with E-state index in [4.69, 9.17) is 0 Å². The van der Waals surface area contributed by atoms with Gasteiger partial charge in [-0.1, -0.05) is 50.5 Å². The third-order valence-electron chi connectivity index (χ3n) is 8.57. The number of nitrogens with zero attached hydrogens (tertiary/aromatic N) is 1. The minimum absolute atomic E-state index is 0.129. The molecule has 2 fully saturated rings. The number of carbonyl (C=O) groups is 1. The maximum atomic E-state index is 13.0. The molecular weight excluding hydrogens is 436 g/mol. The molecule has 1 aliphatic carbocycles. The SMILES string of the molecule is CC1[C@H](C)[C@H](c2cccc(O)c2)CCN1C[C@@H](NC(=O)CCc1ccc(O)cc1)C1CCCCC1. The lowest BCUT2D eigenvalue weighted by Gasteiger charge is -2.45. The van der Waals surface area contributed by atoms with Crippen LogP contribution in [0.15, 0.2) is 48.5 Å². The van der Waals surface area contributed by atoms with Crippen LogP contribution in [-0.2, 0) is 11.2 Å². The first-order valence-electron chi connectivity index (χ1n) is 13.5. The van der Waals surface area contributed by atoms with Crippen molar-refractivity contribution >= 4 is 5.91 Å². The quantitative estimate of drug-likeness (QED) is 0.461. The maximum Gasteiger partial charge on any atom is 0.220 e. The van der Waals surface area contributed by atoms with E-state index < -0.39 is 0 Å². The molecule has 1 unspecified atom stereocenters. The van der Waals surface area contributed by atoms with E-state index in [0.29, 0.717) is 42.4 Å². The molecular formula is C30H42N2O3. The molecule has 2 aromatic rings. The highest BCUT2D eigenvalue weighted by atomic mass is 16.3. The number of phenols is 2. The number of carbonyl (C=O) groups excluding carboxylic acids is 1. The Morgan fingerprint density at radius 1 is 1.00 bits per heavy atom. The Morgan fingerprint density at radius 2 is 1.74 bits per heavy atom. The fraction of sp³-hybridized carbons (Fsp3) is 0.567. The van der Waals surface area contributed by atoms with Crippen LogP contribution in [0, 0.1) is 11.8 Å². The van der Waals surface area contributed by atoms with Gasteiger partial charge in [-0.3, -0.25) is 9.69 Å². The van der Waals surface area contributed by atoms with Gasteiger partial charge in [0.1, 0.15) is 11.5 Å². The molecule has 5 heteroatoms. The first-order chi connectivity index (χ1) is 16.9. The average molecular weight is 479 g/mol.